The Balaban J connectivity index is 2.18. The molecule has 3 N–H and O–H groups in total. The van der Waals surface area contributed by atoms with Gasteiger partial charge in [-0.15, -0.1) is 0 Å². The summed E-state index contributed by atoms with van der Waals surface area (Å²) < 4.78 is 0. The van der Waals surface area contributed by atoms with Gasteiger partial charge in [-0.3, -0.25) is 9.78 Å². The SMILES string of the molecule is O=CNc1cc(C(=O)O)ccc1NCc1cccnc1. The summed E-state index contributed by atoms with van der Waals surface area (Å²) in [5.41, 5.74) is 2.16. The molecular formula is C14H13N3O3. The zero-order chi connectivity index (χ0) is 14.4. The third-order valence-electron chi connectivity index (χ3n) is 2.69. The average molecular weight is 271 g/mol. The second-order valence-corrected chi connectivity index (χ2v) is 4.04. The lowest BCUT2D eigenvalue weighted by Crippen LogP contribution is -2.06. The van der Waals surface area contributed by atoms with Crippen LogP contribution in [-0.4, -0.2) is 22.5 Å². The third kappa shape index (κ3) is 3.32. The number of hydrogen-bond donors (Lipinski definition) is 3. The molecule has 6 heteroatoms. The number of aromatic nitrogens is 1. The van der Waals surface area contributed by atoms with Crippen LogP contribution in [0, 0.1) is 0 Å². The van der Waals surface area contributed by atoms with Crippen LogP contribution in [0.5, 0.6) is 0 Å². The molecule has 0 fully saturated rings. The van der Waals surface area contributed by atoms with Crippen molar-refractivity contribution in [1.29, 1.82) is 0 Å². The summed E-state index contributed by atoms with van der Waals surface area (Å²) in [5.74, 6) is -1.04. The van der Waals surface area contributed by atoms with E-state index in [1.807, 2.05) is 12.1 Å². The minimum absolute atomic E-state index is 0.112. The number of pyridine rings is 1. The van der Waals surface area contributed by atoms with Crippen LogP contribution in [0.15, 0.2) is 42.7 Å². The first kappa shape index (κ1) is 13.5. The molecule has 6 nitrogen and oxygen atoms in total. The predicted octanol–water partition coefficient (Wildman–Crippen LogP) is 1.96. The van der Waals surface area contributed by atoms with Crippen LogP contribution >= 0.6 is 0 Å². The lowest BCUT2D eigenvalue weighted by atomic mass is 10.1. The second kappa shape index (κ2) is 6.33. The highest BCUT2D eigenvalue weighted by atomic mass is 16.4. The molecule has 20 heavy (non-hydrogen) atoms. The number of amides is 1. The molecule has 0 saturated carbocycles. The maximum absolute atomic E-state index is 10.9. The lowest BCUT2D eigenvalue weighted by molar-refractivity contribution is -0.105. The van der Waals surface area contributed by atoms with E-state index in [0.29, 0.717) is 24.3 Å². The van der Waals surface area contributed by atoms with E-state index in [-0.39, 0.29) is 5.56 Å². The molecule has 0 aliphatic carbocycles. The molecule has 0 radical (unpaired) electrons. The zero-order valence-corrected chi connectivity index (χ0v) is 10.5. The van der Waals surface area contributed by atoms with Crippen molar-refractivity contribution >= 4 is 23.8 Å². The smallest absolute Gasteiger partial charge is 0.335 e. The zero-order valence-electron chi connectivity index (χ0n) is 10.5. The van der Waals surface area contributed by atoms with E-state index in [1.165, 1.54) is 12.1 Å². The lowest BCUT2D eigenvalue weighted by Gasteiger charge is -2.12. The van der Waals surface area contributed by atoms with Gasteiger partial charge < -0.3 is 15.7 Å². The molecular weight excluding hydrogens is 258 g/mol. The number of hydrogen-bond acceptors (Lipinski definition) is 4. The summed E-state index contributed by atoms with van der Waals surface area (Å²) in [4.78, 5) is 25.5. The molecule has 2 rings (SSSR count). The number of carboxylic acid groups (broad SMARTS) is 1. The van der Waals surface area contributed by atoms with Gasteiger partial charge in [-0.05, 0) is 29.8 Å². The van der Waals surface area contributed by atoms with Gasteiger partial charge in [0, 0.05) is 18.9 Å². The molecule has 102 valence electrons. The minimum atomic E-state index is -1.04. The number of nitrogens with zero attached hydrogens (tertiary/aromatic N) is 1. The normalized spacial score (nSPS) is 9.80. The highest BCUT2D eigenvalue weighted by Crippen LogP contribution is 2.23. The standard InChI is InChI=1S/C14H13N3O3/c18-9-17-13-6-11(14(19)20)3-4-12(13)16-8-10-2-1-5-15-7-10/h1-7,9,16H,8H2,(H,17,18)(H,19,20). The van der Waals surface area contributed by atoms with Crippen LogP contribution in [-0.2, 0) is 11.3 Å². The quantitative estimate of drug-likeness (QED) is 0.698. The topological polar surface area (TPSA) is 91.3 Å². The number of carbonyl (C=O) groups is 2. The Hall–Kier alpha value is -2.89. The molecule has 0 bridgehead atoms. The van der Waals surface area contributed by atoms with Crippen molar-refractivity contribution in [2.24, 2.45) is 0 Å². The largest absolute Gasteiger partial charge is 0.478 e. The average Bonchev–Trinajstić information content (AvgIpc) is 2.47. The van der Waals surface area contributed by atoms with Crippen molar-refractivity contribution in [3.8, 4) is 0 Å². The summed E-state index contributed by atoms with van der Waals surface area (Å²) in [5, 5.41) is 14.5. The number of rotatable bonds is 6. The van der Waals surface area contributed by atoms with Crippen molar-refractivity contribution in [1.82, 2.24) is 4.98 Å². The molecule has 0 spiro atoms. The van der Waals surface area contributed by atoms with E-state index < -0.39 is 5.97 Å². The van der Waals surface area contributed by atoms with E-state index in [2.05, 4.69) is 15.6 Å². The van der Waals surface area contributed by atoms with Crippen LogP contribution in [0.3, 0.4) is 0 Å². The van der Waals surface area contributed by atoms with Crippen LogP contribution in [0.4, 0.5) is 11.4 Å². The van der Waals surface area contributed by atoms with E-state index in [4.69, 9.17) is 5.11 Å². The first-order chi connectivity index (χ1) is 9.70. The number of carboxylic acids is 1. The number of anilines is 2. The molecule has 0 aliphatic heterocycles. The predicted molar refractivity (Wildman–Crippen MR) is 74.7 cm³/mol. The summed E-state index contributed by atoms with van der Waals surface area (Å²) in [6.45, 7) is 0.522. The number of carbonyl (C=O) groups excluding carboxylic acids is 1. The minimum Gasteiger partial charge on any atom is -0.478 e. The second-order valence-electron chi connectivity index (χ2n) is 4.04. The highest BCUT2D eigenvalue weighted by molar-refractivity contribution is 5.92. The van der Waals surface area contributed by atoms with Gasteiger partial charge in [0.25, 0.3) is 0 Å². The van der Waals surface area contributed by atoms with Gasteiger partial charge in [0.2, 0.25) is 6.41 Å². The van der Waals surface area contributed by atoms with Crippen LogP contribution in [0.1, 0.15) is 15.9 Å². The highest BCUT2D eigenvalue weighted by Gasteiger charge is 2.08. The maximum atomic E-state index is 10.9. The number of aromatic carboxylic acids is 1. The van der Waals surface area contributed by atoms with E-state index in [1.54, 1.807) is 18.5 Å². The summed E-state index contributed by atoms with van der Waals surface area (Å²) >= 11 is 0. The first-order valence-electron chi connectivity index (χ1n) is 5.91. The van der Waals surface area contributed by atoms with Crippen molar-refractivity contribution in [3.63, 3.8) is 0 Å². The molecule has 0 atom stereocenters. The number of nitrogens with one attached hydrogen (secondary N) is 2. The molecule has 1 aromatic heterocycles. The Morgan fingerprint density at radius 2 is 2.15 bits per heavy atom. The van der Waals surface area contributed by atoms with Crippen molar-refractivity contribution < 1.29 is 14.7 Å². The van der Waals surface area contributed by atoms with Gasteiger partial charge in [-0.25, -0.2) is 4.79 Å². The summed E-state index contributed by atoms with van der Waals surface area (Å²) in [6.07, 6.45) is 3.92. The summed E-state index contributed by atoms with van der Waals surface area (Å²) in [6, 6.07) is 8.24. The van der Waals surface area contributed by atoms with Gasteiger partial charge in [0.1, 0.15) is 0 Å². The molecule has 0 saturated heterocycles. The van der Waals surface area contributed by atoms with Gasteiger partial charge in [-0.1, -0.05) is 6.07 Å². The number of benzene rings is 1. The molecule has 1 heterocycles. The molecule has 1 amide bonds. The Morgan fingerprint density at radius 3 is 2.80 bits per heavy atom. The van der Waals surface area contributed by atoms with Crippen LogP contribution in [0.25, 0.3) is 0 Å². The first-order valence-corrected chi connectivity index (χ1v) is 5.91. The Labute approximate surface area is 115 Å². The fraction of sp³-hybridized carbons (Fsp3) is 0.0714. The van der Waals surface area contributed by atoms with E-state index in [0.717, 1.165) is 5.56 Å². The summed E-state index contributed by atoms with van der Waals surface area (Å²) in [7, 11) is 0. The molecule has 0 unspecified atom stereocenters. The van der Waals surface area contributed by atoms with Crippen molar-refractivity contribution in [2.75, 3.05) is 10.6 Å². The van der Waals surface area contributed by atoms with Gasteiger partial charge in [0.15, 0.2) is 0 Å². The molecule has 2 aromatic rings. The van der Waals surface area contributed by atoms with Crippen molar-refractivity contribution in [2.45, 2.75) is 6.54 Å². The third-order valence-corrected chi connectivity index (χ3v) is 2.69. The molecule has 1 aromatic carbocycles. The van der Waals surface area contributed by atoms with Crippen LogP contribution < -0.4 is 10.6 Å². The van der Waals surface area contributed by atoms with E-state index in [9.17, 15) is 9.59 Å². The monoisotopic (exact) mass is 271 g/mol. The maximum Gasteiger partial charge on any atom is 0.335 e. The Bertz CT molecular complexity index is 614. The van der Waals surface area contributed by atoms with Crippen molar-refractivity contribution in [3.05, 3.63) is 53.9 Å². The fourth-order valence-electron chi connectivity index (χ4n) is 1.71. The van der Waals surface area contributed by atoms with Crippen LogP contribution in [0.2, 0.25) is 0 Å². The Morgan fingerprint density at radius 1 is 1.30 bits per heavy atom. The van der Waals surface area contributed by atoms with E-state index >= 15 is 0 Å². The molecule has 0 aliphatic rings. The van der Waals surface area contributed by atoms with Gasteiger partial charge in [-0.2, -0.15) is 0 Å². The van der Waals surface area contributed by atoms with Gasteiger partial charge >= 0.3 is 5.97 Å². The van der Waals surface area contributed by atoms with Gasteiger partial charge in [0.05, 0.1) is 16.9 Å². The Kier molecular flexibility index (Phi) is 4.28. The fourth-order valence-corrected chi connectivity index (χ4v) is 1.71.